The molecule has 4 nitrogen and oxygen atoms in total. The van der Waals surface area contributed by atoms with Gasteiger partial charge in [0.1, 0.15) is 0 Å². The summed E-state index contributed by atoms with van der Waals surface area (Å²) in [7, 11) is 0. The Morgan fingerprint density at radius 1 is 1.27 bits per heavy atom. The summed E-state index contributed by atoms with van der Waals surface area (Å²) in [6.45, 7) is 8.00. The molecule has 1 amide bonds. The number of carbonyl (C=O) groups is 1. The molecule has 3 aromatic rings. The number of thiazole rings is 1. The largest absolute Gasteiger partial charge is 0.380 e. The fraction of sp³-hybridized carbons (Fsp3) is 0.300. The molecule has 0 spiro atoms. The average Bonchev–Trinajstić information content (AvgIpc) is 2.93. The van der Waals surface area contributed by atoms with E-state index >= 15 is 0 Å². The van der Waals surface area contributed by atoms with Crippen molar-refractivity contribution in [3.05, 3.63) is 62.9 Å². The highest BCUT2D eigenvalue weighted by Gasteiger charge is 2.13. The van der Waals surface area contributed by atoms with Crippen LogP contribution in [0.4, 0.5) is 0 Å². The minimum atomic E-state index is -0.332. The first-order chi connectivity index (χ1) is 12.5. The molecule has 0 aliphatic rings. The number of carbonyl (C=O) groups excluding carboxylic acids is 1. The topological polar surface area (TPSA) is 43.6 Å². The first-order valence-electron chi connectivity index (χ1n) is 8.53. The van der Waals surface area contributed by atoms with Gasteiger partial charge in [-0.25, -0.2) is 0 Å². The maximum atomic E-state index is 12.7. The number of halogens is 1. The number of rotatable bonds is 5. The van der Waals surface area contributed by atoms with Crippen LogP contribution in [0.5, 0.6) is 0 Å². The minimum Gasteiger partial charge on any atom is -0.380 e. The molecule has 0 N–H and O–H groups in total. The van der Waals surface area contributed by atoms with Gasteiger partial charge in [-0.1, -0.05) is 41.1 Å². The van der Waals surface area contributed by atoms with Gasteiger partial charge in [-0.2, -0.15) is 4.99 Å². The van der Waals surface area contributed by atoms with Crippen LogP contribution < -0.4 is 4.80 Å². The lowest BCUT2D eigenvalue weighted by molar-refractivity contribution is 0.0997. The SMILES string of the molecule is CCOCCn1c(=NC(=O)c2ccccc2Cl)sc2c(C)cc(C)cc21. The Kier molecular flexibility index (Phi) is 5.91. The van der Waals surface area contributed by atoms with Gasteiger partial charge in [0.05, 0.1) is 27.4 Å². The number of nitrogens with zero attached hydrogens (tertiary/aromatic N) is 2. The molecule has 6 heteroatoms. The molecule has 136 valence electrons. The van der Waals surface area contributed by atoms with Crippen LogP contribution in [-0.4, -0.2) is 23.7 Å². The van der Waals surface area contributed by atoms with Crippen LogP contribution in [0, 0.1) is 13.8 Å². The van der Waals surface area contributed by atoms with E-state index in [9.17, 15) is 4.79 Å². The van der Waals surface area contributed by atoms with Gasteiger partial charge in [0.25, 0.3) is 5.91 Å². The van der Waals surface area contributed by atoms with E-state index in [0.29, 0.717) is 35.1 Å². The van der Waals surface area contributed by atoms with Crippen LogP contribution in [0.2, 0.25) is 5.02 Å². The summed E-state index contributed by atoms with van der Waals surface area (Å²) >= 11 is 7.67. The van der Waals surface area contributed by atoms with Crippen molar-refractivity contribution in [1.29, 1.82) is 0 Å². The standard InChI is InChI=1S/C20H21ClN2O2S/c1-4-25-10-9-23-17-12-13(2)11-14(3)18(17)26-20(23)22-19(24)15-7-5-6-8-16(15)21/h5-8,11-12H,4,9-10H2,1-3H3. The molecule has 2 aromatic carbocycles. The van der Waals surface area contributed by atoms with Gasteiger partial charge in [-0.3, -0.25) is 4.79 Å². The zero-order valence-electron chi connectivity index (χ0n) is 15.1. The van der Waals surface area contributed by atoms with Gasteiger partial charge in [0, 0.05) is 13.2 Å². The smallest absolute Gasteiger partial charge is 0.281 e. The molecule has 0 unspecified atom stereocenters. The summed E-state index contributed by atoms with van der Waals surface area (Å²) in [6.07, 6.45) is 0. The Balaban J connectivity index is 2.14. The van der Waals surface area contributed by atoms with E-state index in [2.05, 4.69) is 35.5 Å². The molecular weight excluding hydrogens is 368 g/mol. The first kappa shape index (κ1) is 18.8. The van der Waals surface area contributed by atoms with Crippen LogP contribution in [-0.2, 0) is 11.3 Å². The zero-order chi connectivity index (χ0) is 18.7. The van der Waals surface area contributed by atoms with Crippen molar-refractivity contribution in [2.45, 2.75) is 27.3 Å². The normalized spacial score (nSPS) is 12.1. The quantitative estimate of drug-likeness (QED) is 0.592. The molecule has 0 saturated carbocycles. The van der Waals surface area contributed by atoms with Crippen molar-refractivity contribution in [1.82, 2.24) is 4.57 Å². The molecule has 0 radical (unpaired) electrons. The molecule has 3 rings (SSSR count). The van der Waals surface area contributed by atoms with E-state index in [1.165, 1.54) is 22.5 Å². The Morgan fingerprint density at radius 2 is 2.04 bits per heavy atom. The lowest BCUT2D eigenvalue weighted by Crippen LogP contribution is -2.19. The number of aryl methyl sites for hydroxylation is 2. The van der Waals surface area contributed by atoms with Crippen molar-refractivity contribution in [2.24, 2.45) is 4.99 Å². The molecule has 0 aliphatic heterocycles. The second-order valence-electron chi connectivity index (χ2n) is 6.06. The van der Waals surface area contributed by atoms with E-state index in [1.54, 1.807) is 24.3 Å². The highest BCUT2D eigenvalue weighted by Crippen LogP contribution is 2.24. The fourth-order valence-corrected chi connectivity index (χ4v) is 4.22. The molecule has 0 bridgehead atoms. The molecule has 1 aromatic heterocycles. The second kappa shape index (κ2) is 8.16. The Morgan fingerprint density at radius 3 is 2.77 bits per heavy atom. The third kappa shape index (κ3) is 3.90. The molecule has 0 saturated heterocycles. The highest BCUT2D eigenvalue weighted by atomic mass is 35.5. The Labute approximate surface area is 161 Å². The van der Waals surface area contributed by atoms with E-state index in [-0.39, 0.29) is 5.91 Å². The highest BCUT2D eigenvalue weighted by molar-refractivity contribution is 7.16. The van der Waals surface area contributed by atoms with Gasteiger partial charge in [-0.15, -0.1) is 0 Å². The van der Waals surface area contributed by atoms with Crippen molar-refractivity contribution >= 4 is 39.1 Å². The van der Waals surface area contributed by atoms with Crippen LogP contribution >= 0.6 is 22.9 Å². The van der Waals surface area contributed by atoms with Crippen LogP contribution in [0.15, 0.2) is 41.4 Å². The lowest BCUT2D eigenvalue weighted by Gasteiger charge is -2.07. The van der Waals surface area contributed by atoms with E-state index in [1.807, 2.05) is 6.92 Å². The molecule has 0 fully saturated rings. The summed E-state index contributed by atoms with van der Waals surface area (Å²) in [5.41, 5.74) is 3.86. The van der Waals surface area contributed by atoms with Crippen LogP contribution in [0.25, 0.3) is 10.2 Å². The van der Waals surface area contributed by atoms with E-state index < -0.39 is 0 Å². The summed E-state index contributed by atoms with van der Waals surface area (Å²) in [4.78, 5) is 17.7. The van der Waals surface area contributed by atoms with Gasteiger partial charge in [-0.05, 0) is 50.1 Å². The van der Waals surface area contributed by atoms with Gasteiger partial charge < -0.3 is 9.30 Å². The molecule has 0 atom stereocenters. The molecule has 1 heterocycles. The number of ether oxygens (including phenoxy) is 1. The fourth-order valence-electron chi connectivity index (χ4n) is 2.90. The Hall–Kier alpha value is -1.95. The maximum absolute atomic E-state index is 12.7. The number of aromatic nitrogens is 1. The summed E-state index contributed by atoms with van der Waals surface area (Å²) < 4.78 is 8.71. The van der Waals surface area contributed by atoms with E-state index in [0.717, 1.165) is 10.2 Å². The van der Waals surface area contributed by atoms with Crippen LogP contribution in [0.3, 0.4) is 0 Å². The van der Waals surface area contributed by atoms with E-state index in [4.69, 9.17) is 16.3 Å². The number of hydrogen-bond donors (Lipinski definition) is 0. The predicted molar refractivity (Wildman–Crippen MR) is 107 cm³/mol. The maximum Gasteiger partial charge on any atom is 0.281 e. The van der Waals surface area contributed by atoms with Gasteiger partial charge >= 0.3 is 0 Å². The van der Waals surface area contributed by atoms with Crippen molar-refractivity contribution in [3.63, 3.8) is 0 Å². The number of fused-ring (bicyclic) bond motifs is 1. The lowest BCUT2D eigenvalue weighted by atomic mass is 10.1. The summed E-state index contributed by atoms with van der Waals surface area (Å²) in [5, 5.41) is 0.412. The van der Waals surface area contributed by atoms with Gasteiger partial charge in [0.2, 0.25) is 0 Å². The summed E-state index contributed by atoms with van der Waals surface area (Å²) in [6, 6.07) is 11.3. The molecular formula is C20H21ClN2O2S. The third-order valence-corrected chi connectivity index (χ3v) is 5.64. The monoisotopic (exact) mass is 388 g/mol. The third-order valence-electron chi connectivity index (χ3n) is 4.08. The van der Waals surface area contributed by atoms with Crippen molar-refractivity contribution < 1.29 is 9.53 Å². The average molecular weight is 389 g/mol. The molecule has 26 heavy (non-hydrogen) atoms. The zero-order valence-corrected chi connectivity index (χ0v) is 16.7. The molecule has 0 aliphatic carbocycles. The van der Waals surface area contributed by atoms with Crippen molar-refractivity contribution in [3.8, 4) is 0 Å². The van der Waals surface area contributed by atoms with Gasteiger partial charge in [0.15, 0.2) is 4.80 Å². The van der Waals surface area contributed by atoms with Crippen molar-refractivity contribution in [2.75, 3.05) is 13.2 Å². The summed E-state index contributed by atoms with van der Waals surface area (Å²) in [5.74, 6) is -0.332. The minimum absolute atomic E-state index is 0.332. The Bertz CT molecular complexity index is 1020. The van der Waals surface area contributed by atoms with Crippen LogP contribution in [0.1, 0.15) is 28.4 Å². The first-order valence-corrected chi connectivity index (χ1v) is 9.72. The number of amides is 1. The number of benzene rings is 2. The number of hydrogen-bond acceptors (Lipinski definition) is 3. The second-order valence-corrected chi connectivity index (χ2v) is 7.44. The predicted octanol–water partition coefficient (Wildman–Crippen LogP) is 4.75.